The van der Waals surface area contributed by atoms with Gasteiger partial charge in [0.2, 0.25) is 0 Å². The van der Waals surface area contributed by atoms with Crippen molar-refractivity contribution in [3.05, 3.63) is 42.4 Å². The van der Waals surface area contributed by atoms with E-state index in [1.165, 1.54) is 4.90 Å². The molecule has 5 nitrogen and oxygen atoms in total. The van der Waals surface area contributed by atoms with Gasteiger partial charge in [-0.15, -0.1) is 11.8 Å². The first-order valence-corrected chi connectivity index (χ1v) is 6.84. The molecule has 0 saturated carbocycles. The number of fused-ring (bicyclic) bond motifs is 1. The summed E-state index contributed by atoms with van der Waals surface area (Å²) in [5.74, 6) is 1.90. The molecule has 3 rings (SSSR count). The van der Waals surface area contributed by atoms with Crippen molar-refractivity contribution in [2.45, 2.75) is 10.6 Å². The quantitative estimate of drug-likeness (QED) is 0.740. The third-order valence-corrected chi connectivity index (χ3v) is 3.79. The lowest BCUT2D eigenvalue weighted by atomic mass is 10.4. The van der Waals surface area contributed by atoms with Crippen molar-refractivity contribution in [3.8, 4) is 0 Å². The number of nitrogens with two attached hydrogens (primary N) is 1. The maximum absolute atomic E-state index is 5.93. The summed E-state index contributed by atoms with van der Waals surface area (Å²) in [6, 6.07) is 10.2. The van der Waals surface area contributed by atoms with Crippen LogP contribution in [0.3, 0.4) is 0 Å². The molecule has 0 radical (unpaired) electrons. The first kappa shape index (κ1) is 12.0. The van der Waals surface area contributed by atoms with Crippen LogP contribution in [0.25, 0.3) is 11.0 Å². The smallest absolute Gasteiger partial charge is 0.163 e. The molecule has 0 aliphatic heterocycles. The van der Waals surface area contributed by atoms with E-state index in [-0.39, 0.29) is 0 Å². The summed E-state index contributed by atoms with van der Waals surface area (Å²) < 4.78 is 1.71. The van der Waals surface area contributed by atoms with Crippen molar-refractivity contribution in [2.24, 2.45) is 7.05 Å². The van der Waals surface area contributed by atoms with E-state index in [9.17, 15) is 0 Å². The minimum Gasteiger partial charge on any atom is -0.383 e. The molecule has 2 heterocycles. The minimum absolute atomic E-state index is 0.488. The van der Waals surface area contributed by atoms with Gasteiger partial charge in [-0.25, -0.2) is 9.97 Å². The van der Waals surface area contributed by atoms with E-state index >= 15 is 0 Å². The first-order chi connectivity index (χ1) is 9.24. The number of hydrogen-bond acceptors (Lipinski definition) is 5. The number of nitrogens with zero attached hydrogens (tertiary/aromatic N) is 4. The van der Waals surface area contributed by atoms with Gasteiger partial charge in [-0.3, -0.25) is 4.68 Å². The SMILES string of the molecule is Cn1ncc2c(N)nc(CSc3ccccc3)nc21. The van der Waals surface area contributed by atoms with Crippen LogP contribution >= 0.6 is 11.8 Å². The van der Waals surface area contributed by atoms with Gasteiger partial charge in [0, 0.05) is 11.9 Å². The summed E-state index contributed by atoms with van der Waals surface area (Å²) in [6.45, 7) is 0. The fourth-order valence-corrected chi connectivity index (χ4v) is 2.59. The molecule has 6 heteroatoms. The Bertz CT molecular complexity index is 708. The van der Waals surface area contributed by atoms with Crippen LogP contribution in [0, 0.1) is 0 Å². The van der Waals surface area contributed by atoms with Gasteiger partial charge in [-0.05, 0) is 12.1 Å². The molecular weight excluding hydrogens is 258 g/mol. The normalized spacial score (nSPS) is 11.0. The molecule has 0 amide bonds. The van der Waals surface area contributed by atoms with Crippen molar-refractivity contribution >= 4 is 28.6 Å². The van der Waals surface area contributed by atoms with Gasteiger partial charge in [-0.2, -0.15) is 5.10 Å². The molecule has 2 aromatic heterocycles. The number of aryl methyl sites for hydroxylation is 1. The Balaban J connectivity index is 1.87. The van der Waals surface area contributed by atoms with Crippen LogP contribution in [0.2, 0.25) is 0 Å². The molecule has 3 aromatic rings. The topological polar surface area (TPSA) is 69.6 Å². The van der Waals surface area contributed by atoms with E-state index in [2.05, 4.69) is 27.2 Å². The molecule has 19 heavy (non-hydrogen) atoms. The molecule has 0 fully saturated rings. The van der Waals surface area contributed by atoms with Gasteiger partial charge in [0.15, 0.2) is 5.65 Å². The average Bonchev–Trinajstić information content (AvgIpc) is 2.80. The number of thioether (sulfide) groups is 1. The molecule has 96 valence electrons. The Hall–Kier alpha value is -2.08. The number of nitrogen functional groups attached to an aromatic ring is 1. The second-order valence-corrected chi connectivity index (χ2v) is 5.18. The highest BCUT2D eigenvalue weighted by molar-refractivity contribution is 7.98. The molecular formula is C13H13N5S. The number of benzene rings is 1. The molecule has 0 atom stereocenters. The Labute approximate surface area is 114 Å². The highest BCUT2D eigenvalue weighted by atomic mass is 32.2. The molecule has 1 aromatic carbocycles. The van der Waals surface area contributed by atoms with E-state index in [0.29, 0.717) is 11.6 Å². The molecule has 0 aliphatic rings. The van der Waals surface area contributed by atoms with Crippen LogP contribution in [-0.2, 0) is 12.8 Å². The second kappa shape index (κ2) is 4.89. The van der Waals surface area contributed by atoms with Crippen molar-refractivity contribution in [1.82, 2.24) is 19.7 Å². The monoisotopic (exact) mass is 271 g/mol. The molecule has 0 bridgehead atoms. The summed E-state index contributed by atoms with van der Waals surface area (Å²) >= 11 is 1.69. The molecule has 2 N–H and O–H groups in total. The van der Waals surface area contributed by atoms with Crippen molar-refractivity contribution in [3.63, 3.8) is 0 Å². The number of hydrogen-bond donors (Lipinski definition) is 1. The summed E-state index contributed by atoms with van der Waals surface area (Å²) in [6.07, 6.45) is 1.69. The standard InChI is InChI=1S/C13H13N5S/c1-18-13-10(7-15-18)12(14)16-11(17-13)8-19-9-5-3-2-4-6-9/h2-7H,8H2,1H3,(H2,14,16,17). The molecule has 0 saturated heterocycles. The zero-order valence-electron chi connectivity index (χ0n) is 10.4. The van der Waals surface area contributed by atoms with Gasteiger partial charge in [0.25, 0.3) is 0 Å². The van der Waals surface area contributed by atoms with Gasteiger partial charge >= 0.3 is 0 Å². The Kier molecular flexibility index (Phi) is 3.08. The molecule has 0 aliphatic carbocycles. The van der Waals surface area contributed by atoms with Crippen LogP contribution in [0.15, 0.2) is 41.4 Å². The predicted octanol–water partition coefficient (Wildman–Crippen LogP) is 2.24. The van der Waals surface area contributed by atoms with E-state index in [1.54, 1.807) is 22.6 Å². The Morgan fingerprint density at radius 3 is 2.79 bits per heavy atom. The fraction of sp³-hybridized carbons (Fsp3) is 0.154. The lowest BCUT2D eigenvalue weighted by molar-refractivity contribution is 0.782. The summed E-state index contributed by atoms with van der Waals surface area (Å²) in [5, 5.41) is 4.95. The molecule has 0 spiro atoms. The van der Waals surface area contributed by atoms with Gasteiger partial charge in [0.1, 0.15) is 11.6 Å². The van der Waals surface area contributed by atoms with Gasteiger partial charge in [-0.1, -0.05) is 18.2 Å². The van der Waals surface area contributed by atoms with Crippen molar-refractivity contribution < 1.29 is 0 Å². The van der Waals surface area contributed by atoms with Crippen LogP contribution in [0.4, 0.5) is 5.82 Å². The summed E-state index contributed by atoms with van der Waals surface area (Å²) in [7, 11) is 1.85. The second-order valence-electron chi connectivity index (χ2n) is 4.13. The highest BCUT2D eigenvalue weighted by Crippen LogP contribution is 2.23. The first-order valence-electron chi connectivity index (χ1n) is 5.86. The highest BCUT2D eigenvalue weighted by Gasteiger charge is 2.09. The number of aromatic nitrogens is 4. The van der Waals surface area contributed by atoms with Crippen LogP contribution in [0.5, 0.6) is 0 Å². The fourth-order valence-electron chi connectivity index (χ4n) is 1.82. The van der Waals surface area contributed by atoms with Gasteiger partial charge in [0.05, 0.1) is 17.3 Å². The van der Waals surface area contributed by atoms with Gasteiger partial charge < -0.3 is 5.73 Å². The zero-order chi connectivity index (χ0) is 13.2. The lowest BCUT2D eigenvalue weighted by Gasteiger charge is -2.03. The summed E-state index contributed by atoms with van der Waals surface area (Å²) in [5.41, 5.74) is 6.70. The van der Waals surface area contributed by atoms with Crippen LogP contribution in [-0.4, -0.2) is 19.7 Å². The third kappa shape index (κ3) is 2.39. The van der Waals surface area contributed by atoms with E-state index in [0.717, 1.165) is 16.9 Å². The van der Waals surface area contributed by atoms with E-state index in [4.69, 9.17) is 5.73 Å². The van der Waals surface area contributed by atoms with Crippen LogP contribution < -0.4 is 5.73 Å². The minimum atomic E-state index is 0.488. The lowest BCUT2D eigenvalue weighted by Crippen LogP contribution is -2.01. The number of anilines is 1. The van der Waals surface area contributed by atoms with Crippen molar-refractivity contribution in [2.75, 3.05) is 5.73 Å². The molecule has 0 unspecified atom stereocenters. The zero-order valence-corrected chi connectivity index (χ0v) is 11.3. The largest absolute Gasteiger partial charge is 0.383 e. The Morgan fingerprint density at radius 2 is 2.00 bits per heavy atom. The van der Waals surface area contributed by atoms with Crippen molar-refractivity contribution in [1.29, 1.82) is 0 Å². The number of rotatable bonds is 3. The van der Waals surface area contributed by atoms with E-state index in [1.807, 2.05) is 25.2 Å². The maximum atomic E-state index is 5.93. The Morgan fingerprint density at radius 1 is 1.21 bits per heavy atom. The maximum Gasteiger partial charge on any atom is 0.163 e. The van der Waals surface area contributed by atoms with Crippen LogP contribution in [0.1, 0.15) is 5.82 Å². The third-order valence-electron chi connectivity index (χ3n) is 2.78. The summed E-state index contributed by atoms with van der Waals surface area (Å²) in [4.78, 5) is 10.0. The average molecular weight is 271 g/mol. The predicted molar refractivity (Wildman–Crippen MR) is 76.7 cm³/mol. The van der Waals surface area contributed by atoms with E-state index < -0.39 is 0 Å².